The summed E-state index contributed by atoms with van der Waals surface area (Å²) in [6.45, 7) is 4.69. The van der Waals surface area contributed by atoms with Gasteiger partial charge >= 0.3 is 0 Å². The summed E-state index contributed by atoms with van der Waals surface area (Å²) in [6.07, 6.45) is 1.92. The van der Waals surface area contributed by atoms with Gasteiger partial charge in [-0.3, -0.25) is 4.79 Å². The molecule has 0 aliphatic heterocycles. The van der Waals surface area contributed by atoms with Gasteiger partial charge in [0.15, 0.2) is 0 Å². The summed E-state index contributed by atoms with van der Waals surface area (Å²) in [5.41, 5.74) is 2.03. The summed E-state index contributed by atoms with van der Waals surface area (Å²) in [4.78, 5) is 14.7. The van der Waals surface area contributed by atoms with Crippen LogP contribution in [0.25, 0.3) is 0 Å². The lowest BCUT2D eigenvalue weighted by Crippen LogP contribution is -2.34. The zero-order valence-electron chi connectivity index (χ0n) is 14.2. The minimum atomic E-state index is 0.0263. The Morgan fingerprint density at radius 3 is 2.30 bits per heavy atom. The van der Waals surface area contributed by atoms with Crippen LogP contribution < -0.4 is 9.64 Å². The van der Waals surface area contributed by atoms with Crippen molar-refractivity contribution < 1.29 is 9.53 Å². The fraction of sp³-hybridized carbons (Fsp3) is 0.350. The third-order valence-corrected chi connectivity index (χ3v) is 3.98. The van der Waals surface area contributed by atoms with Gasteiger partial charge in [0.25, 0.3) is 0 Å². The number of carbonyl (C=O) groups is 1. The fourth-order valence-corrected chi connectivity index (χ4v) is 2.64. The summed E-state index contributed by atoms with van der Waals surface area (Å²) < 4.78 is 5.20. The smallest absolute Gasteiger partial charge is 0.230 e. The molecular formula is C20H25NO2. The van der Waals surface area contributed by atoms with E-state index in [1.54, 1.807) is 7.11 Å². The molecule has 1 atom stereocenters. The number of ether oxygens (including phenoxy) is 1. The van der Waals surface area contributed by atoms with Crippen molar-refractivity contribution in [2.24, 2.45) is 5.92 Å². The largest absolute Gasteiger partial charge is 0.497 e. The second-order valence-corrected chi connectivity index (χ2v) is 5.80. The van der Waals surface area contributed by atoms with Crippen molar-refractivity contribution in [1.29, 1.82) is 0 Å². The molecule has 0 N–H and O–H groups in total. The van der Waals surface area contributed by atoms with Crippen LogP contribution in [-0.4, -0.2) is 13.0 Å². The topological polar surface area (TPSA) is 29.5 Å². The van der Waals surface area contributed by atoms with Gasteiger partial charge in [-0.15, -0.1) is 0 Å². The molecule has 0 bridgehead atoms. The van der Waals surface area contributed by atoms with Crippen molar-refractivity contribution in [2.75, 3.05) is 12.0 Å². The highest BCUT2D eigenvalue weighted by Crippen LogP contribution is 2.22. The van der Waals surface area contributed by atoms with Crippen LogP contribution in [0.15, 0.2) is 54.6 Å². The predicted molar refractivity (Wildman–Crippen MR) is 94.7 cm³/mol. The van der Waals surface area contributed by atoms with Crippen molar-refractivity contribution in [3.8, 4) is 5.75 Å². The summed E-state index contributed by atoms with van der Waals surface area (Å²) >= 11 is 0. The van der Waals surface area contributed by atoms with Crippen LogP contribution >= 0.6 is 0 Å². The number of rotatable bonds is 7. The molecule has 1 unspecified atom stereocenters. The lowest BCUT2D eigenvalue weighted by molar-refractivity contribution is -0.122. The average molecular weight is 311 g/mol. The molecule has 0 aliphatic carbocycles. The number of amides is 1. The molecule has 3 nitrogen and oxygen atoms in total. The highest BCUT2D eigenvalue weighted by Gasteiger charge is 2.21. The maximum atomic E-state index is 12.9. The van der Waals surface area contributed by atoms with Crippen LogP contribution in [-0.2, 0) is 11.3 Å². The van der Waals surface area contributed by atoms with E-state index in [4.69, 9.17) is 4.74 Å². The van der Waals surface area contributed by atoms with Crippen molar-refractivity contribution in [2.45, 2.75) is 33.2 Å². The van der Waals surface area contributed by atoms with E-state index in [0.29, 0.717) is 6.54 Å². The van der Waals surface area contributed by atoms with Crippen LogP contribution in [0, 0.1) is 5.92 Å². The van der Waals surface area contributed by atoms with E-state index < -0.39 is 0 Å². The van der Waals surface area contributed by atoms with E-state index >= 15 is 0 Å². The standard InChI is InChI=1S/C20H25NO2/c1-4-8-16(2)20(22)21(18-9-6-5-7-10-18)15-17-11-13-19(23-3)14-12-17/h5-7,9-14,16H,4,8,15H2,1-3H3. The lowest BCUT2D eigenvalue weighted by atomic mass is 10.0. The van der Waals surface area contributed by atoms with Gasteiger partial charge in [0.2, 0.25) is 5.91 Å². The number of nitrogens with zero attached hydrogens (tertiary/aromatic N) is 1. The van der Waals surface area contributed by atoms with Gasteiger partial charge < -0.3 is 9.64 Å². The van der Waals surface area contributed by atoms with E-state index in [1.165, 1.54) is 0 Å². The van der Waals surface area contributed by atoms with Gasteiger partial charge in [-0.2, -0.15) is 0 Å². The molecule has 122 valence electrons. The third-order valence-electron chi connectivity index (χ3n) is 3.98. The molecular weight excluding hydrogens is 286 g/mol. The second kappa shape index (κ2) is 8.37. The Morgan fingerprint density at radius 2 is 1.74 bits per heavy atom. The molecule has 0 saturated heterocycles. The van der Waals surface area contributed by atoms with Gasteiger partial charge in [0, 0.05) is 11.6 Å². The molecule has 2 rings (SSSR count). The quantitative estimate of drug-likeness (QED) is 0.744. The second-order valence-electron chi connectivity index (χ2n) is 5.80. The van der Waals surface area contributed by atoms with Crippen molar-refractivity contribution in [3.05, 3.63) is 60.2 Å². The number of methoxy groups -OCH3 is 1. The first-order chi connectivity index (χ1) is 11.2. The van der Waals surface area contributed by atoms with Crippen LogP contribution in [0.4, 0.5) is 5.69 Å². The summed E-state index contributed by atoms with van der Waals surface area (Å²) in [7, 11) is 1.65. The molecule has 3 heteroatoms. The zero-order valence-corrected chi connectivity index (χ0v) is 14.2. The average Bonchev–Trinajstić information content (AvgIpc) is 2.60. The number of benzene rings is 2. The molecule has 2 aromatic carbocycles. The highest BCUT2D eigenvalue weighted by molar-refractivity contribution is 5.94. The molecule has 0 aliphatic rings. The minimum Gasteiger partial charge on any atom is -0.497 e. The number of hydrogen-bond acceptors (Lipinski definition) is 2. The van der Waals surface area contributed by atoms with E-state index in [0.717, 1.165) is 29.8 Å². The SMILES string of the molecule is CCCC(C)C(=O)N(Cc1ccc(OC)cc1)c1ccccc1. The Labute approximate surface area is 138 Å². The van der Waals surface area contributed by atoms with E-state index in [1.807, 2.05) is 66.4 Å². The first kappa shape index (κ1) is 17.1. The van der Waals surface area contributed by atoms with Gasteiger partial charge in [-0.05, 0) is 36.2 Å². The lowest BCUT2D eigenvalue weighted by Gasteiger charge is -2.26. The first-order valence-corrected chi connectivity index (χ1v) is 8.15. The molecule has 23 heavy (non-hydrogen) atoms. The maximum absolute atomic E-state index is 12.9. The molecule has 1 amide bonds. The predicted octanol–water partition coefficient (Wildman–Crippen LogP) is 4.66. The third kappa shape index (κ3) is 4.59. The molecule has 0 heterocycles. The zero-order chi connectivity index (χ0) is 16.7. The van der Waals surface area contributed by atoms with Gasteiger partial charge in [0.1, 0.15) is 5.75 Å². The van der Waals surface area contributed by atoms with Gasteiger partial charge in [-0.25, -0.2) is 0 Å². The van der Waals surface area contributed by atoms with Crippen LogP contribution in [0.2, 0.25) is 0 Å². The van der Waals surface area contributed by atoms with Gasteiger partial charge in [-0.1, -0.05) is 50.6 Å². The van der Waals surface area contributed by atoms with E-state index in [9.17, 15) is 4.79 Å². The van der Waals surface area contributed by atoms with Crippen molar-refractivity contribution in [1.82, 2.24) is 0 Å². The number of para-hydroxylation sites is 1. The van der Waals surface area contributed by atoms with Crippen LogP contribution in [0.3, 0.4) is 0 Å². The Balaban J connectivity index is 2.24. The Hall–Kier alpha value is -2.29. The first-order valence-electron chi connectivity index (χ1n) is 8.15. The fourth-order valence-electron chi connectivity index (χ4n) is 2.64. The molecule has 0 spiro atoms. The van der Waals surface area contributed by atoms with Crippen molar-refractivity contribution in [3.63, 3.8) is 0 Å². The summed E-state index contributed by atoms with van der Waals surface area (Å²) in [5, 5.41) is 0. The summed E-state index contributed by atoms with van der Waals surface area (Å²) in [5.74, 6) is 1.03. The maximum Gasteiger partial charge on any atom is 0.230 e. The van der Waals surface area contributed by atoms with Crippen LogP contribution in [0.1, 0.15) is 32.3 Å². The van der Waals surface area contributed by atoms with Crippen LogP contribution in [0.5, 0.6) is 5.75 Å². The molecule has 0 radical (unpaired) electrons. The minimum absolute atomic E-state index is 0.0263. The van der Waals surface area contributed by atoms with Crippen molar-refractivity contribution >= 4 is 11.6 Å². The normalized spacial score (nSPS) is 11.8. The Bertz CT molecular complexity index is 607. The molecule has 0 fully saturated rings. The molecule has 2 aromatic rings. The van der Waals surface area contributed by atoms with E-state index in [-0.39, 0.29) is 11.8 Å². The highest BCUT2D eigenvalue weighted by atomic mass is 16.5. The summed E-state index contributed by atoms with van der Waals surface area (Å²) in [6, 6.07) is 17.7. The molecule has 0 saturated carbocycles. The van der Waals surface area contributed by atoms with E-state index in [2.05, 4.69) is 6.92 Å². The number of carbonyl (C=O) groups excluding carboxylic acids is 1. The molecule has 0 aromatic heterocycles. The number of hydrogen-bond donors (Lipinski definition) is 0. The Morgan fingerprint density at radius 1 is 1.09 bits per heavy atom. The monoisotopic (exact) mass is 311 g/mol. The number of anilines is 1. The Kier molecular flexibility index (Phi) is 6.21. The van der Waals surface area contributed by atoms with Gasteiger partial charge in [0.05, 0.1) is 13.7 Å².